The first kappa shape index (κ1) is 29.2. The molecular formula is C27H35F4N3O2Si. The summed E-state index contributed by atoms with van der Waals surface area (Å²) in [6.07, 6.45) is 0.470. The van der Waals surface area contributed by atoms with Crippen LogP contribution in [0.15, 0.2) is 65.8 Å². The van der Waals surface area contributed by atoms with Gasteiger partial charge in [0.05, 0.1) is 18.4 Å². The number of aliphatic hydroxyl groups excluding tert-OH is 1. The Morgan fingerprint density at radius 1 is 0.892 bits per heavy atom. The van der Waals surface area contributed by atoms with Crippen LogP contribution in [0.4, 0.5) is 17.6 Å². The molecule has 0 unspecified atom stereocenters. The van der Waals surface area contributed by atoms with Gasteiger partial charge in [0.2, 0.25) is 0 Å². The zero-order chi connectivity index (χ0) is 27.5. The van der Waals surface area contributed by atoms with Gasteiger partial charge >= 0.3 is 0 Å². The summed E-state index contributed by atoms with van der Waals surface area (Å²) < 4.78 is 59.6. The second-order valence-corrected chi connectivity index (χ2v) is 15.1. The lowest BCUT2D eigenvalue weighted by atomic mass is 10.2. The molecule has 37 heavy (non-hydrogen) atoms. The van der Waals surface area contributed by atoms with E-state index in [-0.39, 0.29) is 24.8 Å². The summed E-state index contributed by atoms with van der Waals surface area (Å²) in [7, 11) is -2.83. The fraction of sp³-hybridized carbons (Fsp3) is 0.556. The van der Waals surface area contributed by atoms with E-state index in [1.807, 2.05) is 60.7 Å². The predicted molar refractivity (Wildman–Crippen MR) is 139 cm³/mol. The van der Waals surface area contributed by atoms with Gasteiger partial charge in [0.1, 0.15) is 0 Å². The number of azide groups is 1. The van der Waals surface area contributed by atoms with Gasteiger partial charge in [-0.1, -0.05) is 93.5 Å². The molecule has 2 aliphatic carbocycles. The van der Waals surface area contributed by atoms with Gasteiger partial charge in [-0.15, -0.1) is 0 Å². The standard InChI is InChI=1S/C21H25F2N3OSi.C6H10F2O/c1-20(2,3)28(16-10-6-4-7-11-16,17-12-8-5-9-13-17)27-15-19-18(14-25-26-24)21(19,22)23;1-2-4-5(3-9)6(4,7)8/h4-13,18-19H,14-15H2,1-3H3;4-5,9H,2-3H2,1H3/t18-,19-;4-,5-/m00/s1. The SMILES string of the molecule is CC(C)(C)[Si](OC[C@H]1[C@H](CN=[N+]=[N-])C1(F)F)(c1ccccc1)c1ccccc1.CC[C@H]1[C@H](CO)C1(F)F. The van der Waals surface area contributed by atoms with Crippen molar-refractivity contribution in [1.29, 1.82) is 0 Å². The third-order valence-corrected chi connectivity index (χ3v) is 12.6. The zero-order valence-electron chi connectivity index (χ0n) is 21.6. The van der Waals surface area contributed by atoms with Crippen molar-refractivity contribution in [3.63, 3.8) is 0 Å². The van der Waals surface area contributed by atoms with E-state index in [9.17, 15) is 17.6 Å². The fourth-order valence-electron chi connectivity index (χ4n) is 5.30. The lowest BCUT2D eigenvalue weighted by Gasteiger charge is -2.43. The molecule has 4 rings (SSSR count). The van der Waals surface area contributed by atoms with Crippen molar-refractivity contribution in [3.05, 3.63) is 71.1 Å². The monoisotopic (exact) mass is 537 g/mol. The number of aliphatic hydroxyl groups is 1. The summed E-state index contributed by atoms with van der Waals surface area (Å²) in [5.41, 5.74) is 8.45. The van der Waals surface area contributed by atoms with Crippen LogP contribution in [0.5, 0.6) is 0 Å². The number of halogens is 4. The molecule has 202 valence electrons. The summed E-state index contributed by atoms with van der Waals surface area (Å²) in [4.78, 5) is 2.62. The van der Waals surface area contributed by atoms with E-state index in [2.05, 4.69) is 30.8 Å². The van der Waals surface area contributed by atoms with Gasteiger partial charge in [-0.05, 0) is 27.4 Å². The van der Waals surface area contributed by atoms with Gasteiger partial charge in [0.15, 0.2) is 0 Å². The number of hydrogen-bond donors (Lipinski definition) is 1. The highest BCUT2D eigenvalue weighted by atomic mass is 28.4. The summed E-state index contributed by atoms with van der Waals surface area (Å²) in [6.45, 7) is 7.44. The third-order valence-electron chi connectivity index (χ3n) is 7.60. The highest BCUT2D eigenvalue weighted by Crippen LogP contribution is 2.57. The molecule has 1 N–H and O–H groups in total. The molecule has 0 radical (unpaired) electrons. The highest BCUT2D eigenvalue weighted by Gasteiger charge is 2.68. The molecule has 2 aliphatic rings. The Morgan fingerprint density at radius 2 is 1.38 bits per heavy atom. The quantitative estimate of drug-likeness (QED) is 0.140. The van der Waals surface area contributed by atoms with Crippen LogP contribution in [-0.4, -0.2) is 45.0 Å². The lowest BCUT2D eigenvalue weighted by Crippen LogP contribution is -2.66. The Morgan fingerprint density at radius 3 is 1.73 bits per heavy atom. The minimum Gasteiger partial charge on any atom is -0.407 e. The van der Waals surface area contributed by atoms with Gasteiger partial charge in [-0.25, -0.2) is 17.6 Å². The van der Waals surface area contributed by atoms with Crippen molar-refractivity contribution in [2.45, 2.75) is 51.0 Å². The number of rotatable bonds is 9. The second-order valence-electron chi connectivity index (χ2n) is 10.8. The molecule has 0 aromatic heterocycles. The van der Waals surface area contributed by atoms with E-state index in [0.29, 0.717) is 6.42 Å². The van der Waals surface area contributed by atoms with Crippen molar-refractivity contribution >= 4 is 18.7 Å². The fourth-order valence-corrected chi connectivity index (χ4v) is 9.89. The van der Waals surface area contributed by atoms with Crippen LogP contribution in [0.25, 0.3) is 10.4 Å². The molecular weight excluding hydrogens is 502 g/mol. The van der Waals surface area contributed by atoms with Crippen molar-refractivity contribution in [2.75, 3.05) is 19.8 Å². The molecule has 10 heteroatoms. The Labute approximate surface area is 216 Å². The van der Waals surface area contributed by atoms with Crippen LogP contribution in [0.3, 0.4) is 0 Å². The molecule has 4 atom stereocenters. The van der Waals surface area contributed by atoms with Gasteiger partial charge in [-0.3, -0.25) is 0 Å². The Balaban J connectivity index is 0.000000356. The minimum atomic E-state index is -2.85. The topological polar surface area (TPSA) is 78.2 Å². The first-order valence-electron chi connectivity index (χ1n) is 12.5. The summed E-state index contributed by atoms with van der Waals surface area (Å²) in [6, 6.07) is 19.9. The molecule has 2 aromatic carbocycles. The zero-order valence-corrected chi connectivity index (χ0v) is 22.6. The van der Waals surface area contributed by atoms with Crippen molar-refractivity contribution in [2.24, 2.45) is 28.8 Å². The van der Waals surface area contributed by atoms with Gasteiger partial charge in [-0.2, -0.15) is 0 Å². The molecule has 0 saturated heterocycles. The summed E-state index contributed by atoms with van der Waals surface area (Å²) in [5, 5.41) is 13.6. The number of benzene rings is 2. The van der Waals surface area contributed by atoms with Crippen molar-refractivity contribution < 1.29 is 27.1 Å². The number of nitrogens with zero attached hydrogens (tertiary/aromatic N) is 3. The van der Waals surface area contributed by atoms with Crippen LogP contribution < -0.4 is 10.4 Å². The maximum atomic E-state index is 14.2. The Bertz CT molecular complexity index is 1020. The van der Waals surface area contributed by atoms with Crippen LogP contribution in [0.2, 0.25) is 5.04 Å². The number of alkyl halides is 4. The van der Waals surface area contributed by atoms with E-state index in [0.717, 1.165) is 10.4 Å². The Hall–Kier alpha value is -2.39. The molecule has 2 saturated carbocycles. The van der Waals surface area contributed by atoms with Gasteiger partial charge < -0.3 is 9.53 Å². The third kappa shape index (κ3) is 5.72. The largest absolute Gasteiger partial charge is 0.407 e. The summed E-state index contributed by atoms with van der Waals surface area (Å²) >= 11 is 0. The maximum Gasteiger partial charge on any atom is 0.261 e. The minimum absolute atomic E-state index is 0.0497. The van der Waals surface area contributed by atoms with E-state index in [1.54, 1.807) is 6.92 Å². The molecule has 0 spiro atoms. The van der Waals surface area contributed by atoms with Gasteiger partial charge in [0, 0.05) is 29.9 Å². The normalized spacial score (nSPS) is 25.3. The van der Waals surface area contributed by atoms with E-state index in [1.165, 1.54) is 0 Å². The first-order valence-corrected chi connectivity index (χ1v) is 14.4. The van der Waals surface area contributed by atoms with Gasteiger partial charge in [0.25, 0.3) is 20.2 Å². The molecule has 0 amide bonds. The van der Waals surface area contributed by atoms with Crippen molar-refractivity contribution in [1.82, 2.24) is 0 Å². The molecule has 2 fully saturated rings. The van der Waals surface area contributed by atoms with E-state index >= 15 is 0 Å². The first-order chi connectivity index (χ1) is 17.4. The molecule has 0 bridgehead atoms. The average Bonchev–Trinajstić information content (AvgIpc) is 3.63. The number of hydrogen-bond acceptors (Lipinski definition) is 3. The van der Waals surface area contributed by atoms with E-state index in [4.69, 9.17) is 15.1 Å². The predicted octanol–water partition coefficient (Wildman–Crippen LogP) is 6.02. The highest BCUT2D eigenvalue weighted by molar-refractivity contribution is 6.99. The van der Waals surface area contributed by atoms with Crippen molar-refractivity contribution in [3.8, 4) is 0 Å². The molecule has 5 nitrogen and oxygen atoms in total. The smallest absolute Gasteiger partial charge is 0.261 e. The second kappa shape index (κ2) is 11.2. The average molecular weight is 538 g/mol. The van der Waals surface area contributed by atoms with Crippen LogP contribution in [0, 0.1) is 23.7 Å². The maximum absolute atomic E-state index is 14.2. The summed E-state index contributed by atoms with van der Waals surface area (Å²) in [5.74, 6) is -8.57. The molecule has 2 aromatic rings. The Kier molecular flexibility index (Phi) is 8.79. The van der Waals surface area contributed by atoms with E-state index < -0.39 is 43.8 Å². The molecule has 0 heterocycles. The van der Waals surface area contributed by atoms with Crippen LogP contribution in [0.1, 0.15) is 34.1 Å². The molecule has 0 aliphatic heterocycles. The lowest BCUT2D eigenvalue weighted by molar-refractivity contribution is 0.0715. The van der Waals surface area contributed by atoms with Crippen LogP contribution >= 0.6 is 0 Å². The van der Waals surface area contributed by atoms with Crippen LogP contribution in [-0.2, 0) is 4.43 Å².